The molecule has 1 heterocycles. The van der Waals surface area contributed by atoms with Crippen LogP contribution in [0.5, 0.6) is 5.75 Å². The minimum atomic E-state index is -0.588. The molecule has 5 heteroatoms. The Kier molecular flexibility index (Phi) is 3.12. The first-order valence-corrected chi connectivity index (χ1v) is 6.51. The maximum absolute atomic E-state index is 14.6. The third-order valence-electron chi connectivity index (χ3n) is 3.36. The lowest BCUT2D eigenvalue weighted by atomic mass is 10.0. The monoisotopic (exact) mass is 281 g/mol. The van der Waals surface area contributed by atoms with E-state index in [1.54, 1.807) is 19.3 Å². The van der Waals surface area contributed by atoms with Gasteiger partial charge in [-0.25, -0.2) is 9.24 Å². The summed E-state index contributed by atoms with van der Waals surface area (Å²) in [7, 11) is 1.69. The van der Waals surface area contributed by atoms with Crippen molar-refractivity contribution in [3.63, 3.8) is 0 Å². The van der Waals surface area contributed by atoms with Gasteiger partial charge in [0.15, 0.2) is 0 Å². The van der Waals surface area contributed by atoms with Crippen molar-refractivity contribution < 1.29 is 9.13 Å². The van der Waals surface area contributed by atoms with Crippen LogP contribution in [0.4, 0.5) is 10.1 Å². The fourth-order valence-corrected chi connectivity index (χ4v) is 2.15. The van der Waals surface area contributed by atoms with E-state index in [1.807, 2.05) is 0 Å². The first-order valence-electron chi connectivity index (χ1n) is 6.51. The zero-order chi connectivity index (χ0) is 15.0. The van der Waals surface area contributed by atoms with Crippen LogP contribution in [0.15, 0.2) is 18.3 Å². The van der Waals surface area contributed by atoms with E-state index in [4.69, 9.17) is 17.7 Å². The minimum Gasteiger partial charge on any atom is -0.501 e. The topological polar surface area (TPSA) is 31.4 Å². The summed E-state index contributed by atoms with van der Waals surface area (Å²) < 4.78 is 21.8. The van der Waals surface area contributed by atoms with E-state index in [0.717, 1.165) is 12.8 Å². The number of rotatable bonds is 3. The third-order valence-corrected chi connectivity index (χ3v) is 3.36. The molecular weight excluding hydrogens is 269 g/mol. The van der Waals surface area contributed by atoms with Crippen LogP contribution in [-0.4, -0.2) is 15.9 Å². The van der Waals surface area contributed by atoms with Crippen LogP contribution in [-0.2, 0) is 7.05 Å². The molecule has 0 saturated heterocycles. The van der Waals surface area contributed by atoms with Crippen molar-refractivity contribution >= 4 is 5.69 Å². The molecule has 0 atom stereocenters. The van der Waals surface area contributed by atoms with Crippen molar-refractivity contribution in [2.24, 2.45) is 7.05 Å². The summed E-state index contributed by atoms with van der Waals surface area (Å²) in [5, 5.41) is 4.02. The molecule has 3 rings (SSSR count). The van der Waals surface area contributed by atoms with Gasteiger partial charge in [0.05, 0.1) is 23.9 Å². The van der Waals surface area contributed by atoms with E-state index in [2.05, 4.69) is 15.9 Å². The third kappa shape index (κ3) is 2.23. The Morgan fingerprint density at radius 1 is 1.57 bits per heavy atom. The maximum atomic E-state index is 14.6. The molecule has 0 N–H and O–H groups in total. The molecule has 1 fully saturated rings. The average Bonchev–Trinajstić information content (AvgIpc) is 3.20. The van der Waals surface area contributed by atoms with E-state index < -0.39 is 5.82 Å². The molecule has 1 aliphatic carbocycles. The summed E-state index contributed by atoms with van der Waals surface area (Å²) in [6.07, 6.45) is 8.91. The van der Waals surface area contributed by atoms with E-state index in [-0.39, 0.29) is 22.9 Å². The molecule has 104 valence electrons. The van der Waals surface area contributed by atoms with Gasteiger partial charge >= 0.3 is 0 Å². The van der Waals surface area contributed by atoms with Gasteiger partial charge in [0.25, 0.3) is 0 Å². The van der Waals surface area contributed by atoms with Crippen LogP contribution in [0.1, 0.15) is 18.4 Å². The van der Waals surface area contributed by atoms with Crippen LogP contribution in [0.2, 0.25) is 0 Å². The predicted octanol–water partition coefficient (Wildman–Crippen LogP) is 3.30. The number of terminal acetylenes is 1. The molecule has 0 bridgehead atoms. The Hall–Kier alpha value is -2.79. The first-order chi connectivity index (χ1) is 10.2. The van der Waals surface area contributed by atoms with E-state index in [9.17, 15) is 4.39 Å². The molecule has 1 saturated carbocycles. The van der Waals surface area contributed by atoms with Crippen LogP contribution in [0.3, 0.4) is 0 Å². The molecule has 4 nitrogen and oxygen atoms in total. The van der Waals surface area contributed by atoms with E-state index >= 15 is 0 Å². The first kappa shape index (κ1) is 13.2. The molecule has 0 aliphatic heterocycles. The van der Waals surface area contributed by atoms with Crippen molar-refractivity contribution in [3.8, 4) is 29.4 Å². The number of aryl methyl sites for hydroxylation is 1. The van der Waals surface area contributed by atoms with Gasteiger partial charge in [0.1, 0.15) is 11.6 Å². The molecule has 2 aromatic rings. The van der Waals surface area contributed by atoms with E-state index in [1.165, 1.54) is 10.7 Å². The number of hydrogen-bond donors (Lipinski definition) is 0. The lowest BCUT2D eigenvalue weighted by Gasteiger charge is -2.14. The fraction of sp³-hybridized carbons (Fsp3) is 0.250. The molecule has 1 aromatic heterocycles. The number of benzene rings is 1. The lowest BCUT2D eigenvalue weighted by molar-refractivity contribution is 0.305. The molecular formula is C16H12FN3O. The van der Waals surface area contributed by atoms with Gasteiger partial charge in [0.2, 0.25) is 5.69 Å². The number of aromatic nitrogens is 2. The summed E-state index contributed by atoms with van der Waals surface area (Å²) in [5.74, 6) is 2.07. The summed E-state index contributed by atoms with van der Waals surface area (Å²) >= 11 is 0. The zero-order valence-corrected chi connectivity index (χ0v) is 11.4. The highest BCUT2D eigenvalue weighted by Crippen LogP contribution is 2.43. The lowest BCUT2D eigenvalue weighted by Crippen LogP contribution is -2.02. The van der Waals surface area contributed by atoms with Crippen molar-refractivity contribution in [3.05, 3.63) is 41.1 Å². The molecule has 0 radical (unpaired) electrons. The highest BCUT2D eigenvalue weighted by Gasteiger charge is 2.28. The molecule has 21 heavy (non-hydrogen) atoms. The molecule has 1 aromatic carbocycles. The highest BCUT2D eigenvalue weighted by molar-refractivity contribution is 5.83. The summed E-state index contributed by atoms with van der Waals surface area (Å²) in [5.41, 5.74) is 0.878. The number of nitrogens with zero attached hydrogens (tertiary/aromatic N) is 3. The Labute approximate surface area is 122 Å². The molecule has 0 unspecified atom stereocenters. The number of hydrogen-bond acceptors (Lipinski definition) is 2. The Bertz CT molecular complexity index is 791. The van der Waals surface area contributed by atoms with Crippen LogP contribution in [0.25, 0.3) is 16.1 Å². The Balaban J connectivity index is 2.27. The van der Waals surface area contributed by atoms with Gasteiger partial charge in [0, 0.05) is 18.8 Å². The van der Waals surface area contributed by atoms with Gasteiger partial charge in [-0.3, -0.25) is 4.68 Å². The smallest absolute Gasteiger partial charge is 0.240 e. The highest BCUT2D eigenvalue weighted by atomic mass is 19.1. The normalized spacial score (nSPS) is 13.5. The SMILES string of the molecule is [C-]#[N+]c1c(OC2CC2)cc(C#C)c(F)c1-c1ccnn1C. The molecule has 0 spiro atoms. The van der Waals surface area contributed by atoms with Crippen molar-refractivity contribution in [1.82, 2.24) is 9.78 Å². The maximum Gasteiger partial charge on any atom is 0.240 e. The van der Waals surface area contributed by atoms with E-state index in [0.29, 0.717) is 11.4 Å². The van der Waals surface area contributed by atoms with Gasteiger partial charge < -0.3 is 4.74 Å². The van der Waals surface area contributed by atoms with Gasteiger partial charge in [-0.15, -0.1) is 6.42 Å². The van der Waals surface area contributed by atoms with Crippen molar-refractivity contribution in [2.45, 2.75) is 18.9 Å². The molecule has 1 aliphatic rings. The minimum absolute atomic E-state index is 0.0919. The van der Waals surface area contributed by atoms with Crippen LogP contribution in [0, 0.1) is 24.7 Å². The van der Waals surface area contributed by atoms with Gasteiger partial charge in [-0.05, 0) is 25.0 Å². The number of halogens is 1. The summed E-state index contributed by atoms with van der Waals surface area (Å²) in [4.78, 5) is 3.46. The second kappa shape index (κ2) is 4.96. The fourth-order valence-electron chi connectivity index (χ4n) is 2.15. The van der Waals surface area contributed by atoms with Gasteiger partial charge in [-0.2, -0.15) is 5.10 Å². The largest absolute Gasteiger partial charge is 0.501 e. The van der Waals surface area contributed by atoms with Gasteiger partial charge in [-0.1, -0.05) is 5.92 Å². The molecule has 0 amide bonds. The van der Waals surface area contributed by atoms with Crippen molar-refractivity contribution in [1.29, 1.82) is 0 Å². The number of ether oxygens (including phenoxy) is 1. The van der Waals surface area contributed by atoms with Crippen LogP contribution >= 0.6 is 0 Å². The second-order valence-electron chi connectivity index (χ2n) is 4.87. The quantitative estimate of drug-likeness (QED) is 0.638. The van der Waals surface area contributed by atoms with Crippen molar-refractivity contribution in [2.75, 3.05) is 0 Å². The summed E-state index contributed by atoms with van der Waals surface area (Å²) in [6.45, 7) is 7.38. The van der Waals surface area contributed by atoms with Crippen LogP contribution < -0.4 is 4.74 Å². The second-order valence-corrected chi connectivity index (χ2v) is 4.87. The average molecular weight is 281 g/mol. The standard InChI is InChI=1S/C16H12FN3O/c1-4-10-9-13(21-11-5-6-11)16(18-2)14(15(10)17)12-7-8-19-20(12)3/h1,7-9,11H,5-6H2,3H3. The predicted molar refractivity (Wildman–Crippen MR) is 76.4 cm³/mol. The Morgan fingerprint density at radius 3 is 2.86 bits per heavy atom. The summed E-state index contributed by atoms with van der Waals surface area (Å²) in [6, 6.07) is 3.08. The Morgan fingerprint density at radius 2 is 2.33 bits per heavy atom. The zero-order valence-electron chi connectivity index (χ0n) is 11.4.